The van der Waals surface area contributed by atoms with Gasteiger partial charge in [-0.1, -0.05) is 6.07 Å². The van der Waals surface area contributed by atoms with Gasteiger partial charge in [-0.25, -0.2) is 0 Å². The third kappa shape index (κ3) is 2.04. The van der Waals surface area contributed by atoms with Gasteiger partial charge in [0.05, 0.1) is 0 Å². The Morgan fingerprint density at radius 2 is 1.80 bits per heavy atom. The molecule has 0 aliphatic rings. The summed E-state index contributed by atoms with van der Waals surface area (Å²) in [5.74, 6) is -0.905. The van der Waals surface area contributed by atoms with Crippen LogP contribution in [0.4, 0.5) is 0 Å². The number of phenolic OH excluding ortho intramolecular Hbond substituents is 2. The van der Waals surface area contributed by atoms with Crippen LogP contribution in [0, 0.1) is 0 Å². The fraction of sp³-hybridized carbons (Fsp3) is 0.250. The molecule has 1 unspecified atom stereocenters. The molecule has 0 aliphatic carbocycles. The van der Waals surface area contributed by atoms with Crippen molar-refractivity contribution in [2.45, 2.75) is 11.8 Å². The van der Waals surface area contributed by atoms with E-state index in [9.17, 15) is 8.42 Å². The van der Waals surface area contributed by atoms with Gasteiger partial charge in [-0.15, -0.1) is 0 Å². The van der Waals surface area contributed by atoms with Crippen LogP contribution in [0.1, 0.15) is 12.5 Å². The summed E-state index contributed by atoms with van der Waals surface area (Å²) in [5, 5.41) is 18.2. The lowest BCUT2D eigenvalue weighted by atomic mass is 10.1. The third-order valence-electron chi connectivity index (χ3n) is 2.08. The molecule has 1 rings (SSSR count). The second-order valence-corrected chi connectivity index (χ2v) is 5.08. The molecule has 84 valence electrons. The zero-order valence-electron chi connectivity index (χ0n) is 7.88. The van der Waals surface area contributed by atoms with Crippen LogP contribution in [0.3, 0.4) is 0 Å². The molecule has 0 bridgehead atoms. The van der Waals surface area contributed by atoms with E-state index < -0.39 is 26.5 Å². The molecule has 1 aromatic rings. The van der Waals surface area contributed by atoms with Crippen molar-refractivity contribution >= 4 is 10.1 Å². The molecular formula is C8H11NO5S. The van der Waals surface area contributed by atoms with E-state index >= 15 is 0 Å². The van der Waals surface area contributed by atoms with Crippen LogP contribution in [0.25, 0.3) is 0 Å². The lowest BCUT2D eigenvalue weighted by Gasteiger charge is -2.21. The molecule has 0 radical (unpaired) electrons. The average molecular weight is 233 g/mol. The molecule has 0 spiro atoms. The van der Waals surface area contributed by atoms with E-state index in [0.29, 0.717) is 0 Å². The minimum Gasteiger partial charge on any atom is -0.504 e. The van der Waals surface area contributed by atoms with Crippen LogP contribution in [-0.4, -0.2) is 23.2 Å². The summed E-state index contributed by atoms with van der Waals surface area (Å²) in [7, 11) is -4.50. The lowest BCUT2D eigenvalue weighted by Crippen LogP contribution is -2.41. The normalized spacial score (nSPS) is 15.9. The monoisotopic (exact) mass is 233 g/mol. The van der Waals surface area contributed by atoms with Crippen molar-refractivity contribution < 1.29 is 23.2 Å². The van der Waals surface area contributed by atoms with Gasteiger partial charge >= 0.3 is 0 Å². The number of nitrogens with two attached hydrogens (primary N) is 1. The van der Waals surface area contributed by atoms with Crippen LogP contribution >= 0.6 is 0 Å². The fourth-order valence-corrected chi connectivity index (χ4v) is 1.41. The Hall–Kier alpha value is -1.31. The summed E-state index contributed by atoms with van der Waals surface area (Å²) < 4.78 is 30.7. The van der Waals surface area contributed by atoms with Gasteiger partial charge in [0.25, 0.3) is 10.1 Å². The van der Waals surface area contributed by atoms with Crippen molar-refractivity contribution in [2.24, 2.45) is 5.73 Å². The SMILES string of the molecule is CC(N)(c1ccc(O)c(O)c1)S(=O)(=O)O. The molecule has 1 atom stereocenters. The standard InChI is InChI=1S/C8H11NO5S/c1-8(9,15(12,13)14)5-2-3-6(10)7(11)4-5/h2-4,10-11H,9H2,1H3,(H,12,13,14). The van der Waals surface area contributed by atoms with Crippen LogP contribution in [0.5, 0.6) is 11.5 Å². The van der Waals surface area contributed by atoms with E-state index in [0.717, 1.165) is 19.1 Å². The molecule has 1 aromatic carbocycles. The van der Waals surface area contributed by atoms with E-state index in [1.165, 1.54) is 6.07 Å². The van der Waals surface area contributed by atoms with Crippen LogP contribution in [0.15, 0.2) is 18.2 Å². The van der Waals surface area contributed by atoms with E-state index in [1.54, 1.807) is 0 Å². The molecular weight excluding hydrogens is 222 g/mol. The Bertz CT molecular complexity index is 480. The van der Waals surface area contributed by atoms with Gasteiger partial charge < -0.3 is 15.9 Å². The summed E-state index contributed by atoms with van der Waals surface area (Å²) in [6.07, 6.45) is 0. The average Bonchev–Trinajstić information content (AvgIpc) is 2.07. The predicted molar refractivity (Wildman–Crippen MR) is 52.9 cm³/mol. The smallest absolute Gasteiger partial charge is 0.287 e. The minimum absolute atomic E-state index is 0.0275. The van der Waals surface area contributed by atoms with Gasteiger partial charge in [0.2, 0.25) is 0 Å². The first-order valence-corrected chi connectivity index (χ1v) is 5.38. The molecule has 0 fully saturated rings. The predicted octanol–water partition coefficient (Wildman–Crippen LogP) is 0.117. The minimum atomic E-state index is -4.50. The quantitative estimate of drug-likeness (QED) is 0.425. The number of aromatic hydroxyl groups is 2. The Morgan fingerprint density at radius 1 is 1.27 bits per heavy atom. The first-order valence-electron chi connectivity index (χ1n) is 3.94. The molecule has 0 saturated carbocycles. The van der Waals surface area contributed by atoms with Crippen molar-refractivity contribution in [3.63, 3.8) is 0 Å². The molecule has 0 saturated heterocycles. The van der Waals surface area contributed by atoms with Crippen molar-refractivity contribution in [3.8, 4) is 11.5 Å². The highest BCUT2D eigenvalue weighted by Gasteiger charge is 2.35. The maximum Gasteiger partial charge on any atom is 0.287 e. The first kappa shape index (κ1) is 11.8. The number of hydrogen-bond acceptors (Lipinski definition) is 5. The number of phenols is 2. The zero-order chi connectivity index (χ0) is 11.9. The van der Waals surface area contributed by atoms with Crippen molar-refractivity contribution in [1.82, 2.24) is 0 Å². The van der Waals surface area contributed by atoms with Crippen LogP contribution in [0.2, 0.25) is 0 Å². The second-order valence-electron chi connectivity index (χ2n) is 3.29. The van der Waals surface area contributed by atoms with Crippen molar-refractivity contribution in [2.75, 3.05) is 0 Å². The van der Waals surface area contributed by atoms with Gasteiger partial charge in [0, 0.05) is 0 Å². The summed E-state index contributed by atoms with van der Waals surface area (Å²) in [4.78, 5) is -2.03. The van der Waals surface area contributed by atoms with Crippen LogP contribution < -0.4 is 5.73 Å². The summed E-state index contributed by atoms with van der Waals surface area (Å²) in [5.41, 5.74) is 5.38. The number of hydrogen-bond donors (Lipinski definition) is 4. The Balaban J connectivity index is 3.35. The number of rotatable bonds is 2. The third-order valence-corrected chi connectivity index (χ3v) is 3.39. The van der Waals surface area contributed by atoms with E-state index in [2.05, 4.69) is 0 Å². The van der Waals surface area contributed by atoms with Gasteiger partial charge in [0.15, 0.2) is 16.4 Å². The maximum atomic E-state index is 10.9. The Kier molecular flexibility index (Phi) is 2.64. The molecule has 7 heteroatoms. The van der Waals surface area contributed by atoms with Crippen LogP contribution in [-0.2, 0) is 15.0 Å². The first-order chi connectivity index (χ1) is 6.66. The molecule has 0 aromatic heterocycles. The molecule has 0 heterocycles. The molecule has 5 N–H and O–H groups in total. The van der Waals surface area contributed by atoms with E-state index in [-0.39, 0.29) is 5.56 Å². The van der Waals surface area contributed by atoms with Gasteiger partial charge in [-0.05, 0) is 24.6 Å². The van der Waals surface area contributed by atoms with E-state index in [4.69, 9.17) is 20.5 Å². The van der Waals surface area contributed by atoms with Gasteiger partial charge in [-0.2, -0.15) is 8.42 Å². The zero-order valence-corrected chi connectivity index (χ0v) is 8.69. The van der Waals surface area contributed by atoms with Gasteiger partial charge in [-0.3, -0.25) is 4.55 Å². The molecule has 0 amide bonds. The molecule has 6 nitrogen and oxygen atoms in total. The lowest BCUT2D eigenvalue weighted by molar-refractivity contribution is 0.400. The summed E-state index contributed by atoms with van der Waals surface area (Å²) in [6.45, 7) is 1.08. The van der Waals surface area contributed by atoms with Crippen molar-refractivity contribution in [1.29, 1.82) is 0 Å². The topological polar surface area (TPSA) is 121 Å². The summed E-state index contributed by atoms with van der Waals surface area (Å²) in [6, 6.07) is 3.26. The highest BCUT2D eigenvalue weighted by molar-refractivity contribution is 7.86. The maximum absolute atomic E-state index is 10.9. The van der Waals surface area contributed by atoms with E-state index in [1.807, 2.05) is 0 Å². The highest BCUT2D eigenvalue weighted by atomic mass is 32.2. The van der Waals surface area contributed by atoms with Gasteiger partial charge in [0.1, 0.15) is 0 Å². The molecule has 0 aliphatic heterocycles. The Morgan fingerprint density at radius 3 is 2.20 bits per heavy atom. The number of benzene rings is 1. The Labute approximate surface area is 86.7 Å². The van der Waals surface area contributed by atoms with Crippen molar-refractivity contribution in [3.05, 3.63) is 23.8 Å². The summed E-state index contributed by atoms with van der Waals surface area (Å²) >= 11 is 0. The molecule has 15 heavy (non-hydrogen) atoms. The fourth-order valence-electron chi connectivity index (χ4n) is 0.981. The highest BCUT2D eigenvalue weighted by Crippen LogP contribution is 2.31. The second kappa shape index (κ2) is 3.37. The largest absolute Gasteiger partial charge is 0.504 e.